The molecule has 0 bridgehead atoms. The molecule has 0 saturated carbocycles. The molecule has 1 amide bonds. The van der Waals surface area contributed by atoms with Crippen molar-refractivity contribution in [3.8, 4) is 0 Å². The molecule has 0 aliphatic carbocycles. The van der Waals surface area contributed by atoms with E-state index >= 15 is 0 Å². The highest BCUT2D eigenvalue weighted by Gasteiger charge is 2.39. The van der Waals surface area contributed by atoms with Crippen molar-refractivity contribution in [1.82, 2.24) is 10.4 Å². The van der Waals surface area contributed by atoms with Crippen LogP contribution in [0.3, 0.4) is 0 Å². The molecule has 2 aliphatic rings. The van der Waals surface area contributed by atoms with Crippen molar-refractivity contribution >= 4 is 6.09 Å². The highest BCUT2D eigenvalue weighted by atomic mass is 16.7. The number of nitrogens with one attached hydrogen (secondary N) is 1. The van der Waals surface area contributed by atoms with E-state index in [1.165, 1.54) is 4.90 Å². The number of hydroxylamine groups is 1. The van der Waals surface area contributed by atoms with Crippen LogP contribution in [0.15, 0.2) is 0 Å². The Labute approximate surface area is 63.9 Å². The number of carbonyl (C=O) groups is 1. The first-order valence-electron chi connectivity index (χ1n) is 3.64. The van der Waals surface area contributed by atoms with Crippen LogP contribution in [-0.4, -0.2) is 41.8 Å². The van der Waals surface area contributed by atoms with Gasteiger partial charge in [0.15, 0.2) is 0 Å². The zero-order valence-corrected chi connectivity index (χ0v) is 5.99. The van der Waals surface area contributed by atoms with Gasteiger partial charge in [-0.2, -0.15) is 0 Å². The minimum Gasteiger partial charge on any atom is -0.465 e. The predicted molar refractivity (Wildman–Crippen MR) is 36.0 cm³/mol. The van der Waals surface area contributed by atoms with Crippen molar-refractivity contribution in [2.24, 2.45) is 5.92 Å². The normalized spacial score (nSPS) is 35.8. The molecular weight excluding hydrogens is 148 g/mol. The zero-order valence-electron chi connectivity index (χ0n) is 5.99. The van der Waals surface area contributed by atoms with Crippen LogP contribution in [0.4, 0.5) is 4.79 Å². The molecule has 2 rings (SSSR count). The lowest BCUT2D eigenvalue weighted by atomic mass is 10.1. The fraction of sp³-hybridized carbons (Fsp3) is 0.833. The molecule has 2 unspecified atom stereocenters. The summed E-state index contributed by atoms with van der Waals surface area (Å²) in [5.41, 5.74) is 2.76. The molecule has 2 heterocycles. The van der Waals surface area contributed by atoms with Crippen molar-refractivity contribution in [3.05, 3.63) is 0 Å². The standard InChI is InChI=1S/C6H10N2O3/c9-6(10)8-2-4-1-7-11-5(4)3-8/h4-5,7H,1-3H2,(H,9,10). The van der Waals surface area contributed by atoms with Crippen LogP contribution < -0.4 is 5.48 Å². The molecule has 2 saturated heterocycles. The molecule has 2 atom stereocenters. The molecule has 5 nitrogen and oxygen atoms in total. The number of amides is 1. The summed E-state index contributed by atoms with van der Waals surface area (Å²) in [6.07, 6.45) is -0.769. The van der Waals surface area contributed by atoms with E-state index in [1.807, 2.05) is 0 Å². The second-order valence-corrected chi connectivity index (χ2v) is 2.95. The number of rotatable bonds is 0. The Bertz CT molecular complexity index is 173. The molecule has 0 aromatic rings. The van der Waals surface area contributed by atoms with Gasteiger partial charge in [-0.05, 0) is 0 Å². The van der Waals surface area contributed by atoms with Crippen LogP contribution in [0.5, 0.6) is 0 Å². The summed E-state index contributed by atoms with van der Waals surface area (Å²) >= 11 is 0. The molecule has 11 heavy (non-hydrogen) atoms. The molecular formula is C6H10N2O3. The third-order valence-corrected chi connectivity index (χ3v) is 2.23. The van der Waals surface area contributed by atoms with Gasteiger partial charge in [-0.1, -0.05) is 0 Å². The van der Waals surface area contributed by atoms with Crippen molar-refractivity contribution in [2.45, 2.75) is 6.10 Å². The summed E-state index contributed by atoms with van der Waals surface area (Å²) in [5.74, 6) is 0.353. The zero-order chi connectivity index (χ0) is 7.84. The van der Waals surface area contributed by atoms with E-state index < -0.39 is 6.09 Å². The average molecular weight is 158 g/mol. The summed E-state index contributed by atoms with van der Waals surface area (Å²) in [7, 11) is 0. The van der Waals surface area contributed by atoms with Gasteiger partial charge in [-0.25, -0.2) is 10.3 Å². The van der Waals surface area contributed by atoms with E-state index in [2.05, 4.69) is 5.48 Å². The Morgan fingerprint density at radius 1 is 1.64 bits per heavy atom. The molecule has 0 spiro atoms. The van der Waals surface area contributed by atoms with Crippen LogP contribution in [-0.2, 0) is 4.84 Å². The maximum atomic E-state index is 10.5. The van der Waals surface area contributed by atoms with Crippen LogP contribution in [0, 0.1) is 5.92 Å². The van der Waals surface area contributed by atoms with Crippen LogP contribution in [0.2, 0.25) is 0 Å². The van der Waals surface area contributed by atoms with E-state index in [1.54, 1.807) is 0 Å². The van der Waals surface area contributed by atoms with Gasteiger partial charge in [-0.15, -0.1) is 0 Å². The second kappa shape index (κ2) is 2.35. The molecule has 2 fully saturated rings. The average Bonchev–Trinajstić information content (AvgIpc) is 2.40. The van der Waals surface area contributed by atoms with E-state index in [0.717, 1.165) is 6.54 Å². The first-order chi connectivity index (χ1) is 5.27. The summed E-state index contributed by atoms with van der Waals surface area (Å²) in [6, 6.07) is 0. The first-order valence-corrected chi connectivity index (χ1v) is 3.64. The number of nitrogens with zero attached hydrogens (tertiary/aromatic N) is 1. The Kier molecular flexibility index (Phi) is 1.47. The molecule has 0 aromatic carbocycles. The monoisotopic (exact) mass is 158 g/mol. The first kappa shape index (κ1) is 6.87. The number of likely N-dealkylation sites (tertiary alicyclic amines) is 1. The van der Waals surface area contributed by atoms with Gasteiger partial charge in [0.05, 0.1) is 6.54 Å². The van der Waals surface area contributed by atoms with Crippen LogP contribution >= 0.6 is 0 Å². The topological polar surface area (TPSA) is 61.8 Å². The Morgan fingerprint density at radius 3 is 3.09 bits per heavy atom. The molecule has 62 valence electrons. The molecule has 0 aromatic heterocycles. The number of hydrogen-bond acceptors (Lipinski definition) is 3. The summed E-state index contributed by atoms with van der Waals surface area (Å²) < 4.78 is 0. The number of fused-ring (bicyclic) bond motifs is 1. The van der Waals surface area contributed by atoms with E-state index in [0.29, 0.717) is 19.0 Å². The van der Waals surface area contributed by atoms with Gasteiger partial charge in [0, 0.05) is 19.0 Å². The molecule has 2 aliphatic heterocycles. The number of carboxylic acid groups (broad SMARTS) is 1. The van der Waals surface area contributed by atoms with Crippen molar-refractivity contribution in [3.63, 3.8) is 0 Å². The fourth-order valence-corrected chi connectivity index (χ4v) is 1.59. The minimum atomic E-state index is -0.844. The lowest BCUT2D eigenvalue weighted by Gasteiger charge is -2.11. The van der Waals surface area contributed by atoms with Gasteiger partial charge in [0.25, 0.3) is 0 Å². The van der Waals surface area contributed by atoms with E-state index in [-0.39, 0.29) is 6.10 Å². The van der Waals surface area contributed by atoms with Crippen molar-refractivity contribution in [1.29, 1.82) is 0 Å². The minimum absolute atomic E-state index is 0.0751. The third-order valence-electron chi connectivity index (χ3n) is 2.23. The van der Waals surface area contributed by atoms with Crippen molar-refractivity contribution < 1.29 is 14.7 Å². The quantitative estimate of drug-likeness (QED) is 0.499. The summed E-state index contributed by atoms with van der Waals surface area (Å²) in [4.78, 5) is 17.0. The predicted octanol–water partition coefficient (Wildman–Crippen LogP) is -0.500. The highest BCUT2D eigenvalue weighted by molar-refractivity contribution is 5.65. The maximum absolute atomic E-state index is 10.5. The lowest BCUT2D eigenvalue weighted by Crippen LogP contribution is -2.30. The second-order valence-electron chi connectivity index (χ2n) is 2.95. The van der Waals surface area contributed by atoms with Gasteiger partial charge in [0.2, 0.25) is 0 Å². The SMILES string of the molecule is O=C(O)N1CC2CNOC2C1. The van der Waals surface area contributed by atoms with Gasteiger partial charge in [-0.3, -0.25) is 4.84 Å². The fourth-order valence-electron chi connectivity index (χ4n) is 1.59. The lowest BCUT2D eigenvalue weighted by molar-refractivity contribution is 0.0284. The van der Waals surface area contributed by atoms with Gasteiger partial charge in [0.1, 0.15) is 6.10 Å². The van der Waals surface area contributed by atoms with Crippen LogP contribution in [0.1, 0.15) is 0 Å². The highest BCUT2D eigenvalue weighted by Crippen LogP contribution is 2.22. The molecule has 5 heteroatoms. The van der Waals surface area contributed by atoms with Crippen LogP contribution in [0.25, 0.3) is 0 Å². The Morgan fingerprint density at radius 2 is 2.45 bits per heavy atom. The largest absolute Gasteiger partial charge is 0.465 e. The van der Waals surface area contributed by atoms with E-state index in [4.69, 9.17) is 9.94 Å². The van der Waals surface area contributed by atoms with Crippen molar-refractivity contribution in [2.75, 3.05) is 19.6 Å². The smallest absolute Gasteiger partial charge is 0.407 e. The summed E-state index contributed by atoms with van der Waals surface area (Å²) in [6.45, 7) is 1.88. The number of hydrogen-bond donors (Lipinski definition) is 2. The van der Waals surface area contributed by atoms with Gasteiger partial charge < -0.3 is 10.0 Å². The van der Waals surface area contributed by atoms with Gasteiger partial charge >= 0.3 is 6.09 Å². The third kappa shape index (κ3) is 1.06. The summed E-state index contributed by atoms with van der Waals surface area (Å²) in [5, 5.41) is 8.62. The van der Waals surface area contributed by atoms with E-state index in [9.17, 15) is 4.79 Å². The molecule has 2 N–H and O–H groups in total. The Hall–Kier alpha value is -0.810. The Balaban J connectivity index is 1.99. The molecule has 0 radical (unpaired) electrons. The maximum Gasteiger partial charge on any atom is 0.407 e.